The molecule has 0 bridgehead atoms. The lowest BCUT2D eigenvalue weighted by atomic mass is 9.87. The van der Waals surface area contributed by atoms with Gasteiger partial charge in [-0.2, -0.15) is 9.13 Å². The zero-order valence-electron chi connectivity index (χ0n) is 26.6. The Morgan fingerprint density at radius 2 is 1.07 bits per heavy atom. The number of anilines is 2. The van der Waals surface area contributed by atoms with E-state index in [0.717, 1.165) is 11.5 Å². The van der Waals surface area contributed by atoms with E-state index in [1.165, 1.54) is 39.2 Å². The molecular formula is C37H50N3+. The molecule has 3 heteroatoms. The van der Waals surface area contributed by atoms with Gasteiger partial charge >= 0.3 is 0 Å². The molecule has 0 aliphatic heterocycles. The molecule has 0 fully saturated rings. The Kier molecular flexibility index (Phi) is 8.63. The monoisotopic (exact) mass is 536 g/mol. The van der Waals surface area contributed by atoms with E-state index in [0.29, 0.717) is 23.7 Å². The topological polar surface area (TPSA) is 20.8 Å². The number of nitrogens with zero attached hydrogens (tertiary/aromatic N) is 2. The van der Waals surface area contributed by atoms with Crippen LogP contribution in [0, 0.1) is 0 Å². The number of imidazole rings is 1. The summed E-state index contributed by atoms with van der Waals surface area (Å²) in [5.74, 6) is 2.89. The van der Waals surface area contributed by atoms with Crippen molar-refractivity contribution < 1.29 is 4.57 Å². The molecule has 0 aliphatic carbocycles. The summed E-state index contributed by atoms with van der Waals surface area (Å²) < 4.78 is 4.59. The quantitative estimate of drug-likeness (QED) is 0.222. The Labute approximate surface area is 243 Å². The minimum absolute atomic E-state index is 0.127. The van der Waals surface area contributed by atoms with Crippen LogP contribution in [0.5, 0.6) is 0 Å². The molecule has 40 heavy (non-hydrogen) atoms. The fraction of sp³-hybridized carbons (Fsp3) is 0.432. The summed E-state index contributed by atoms with van der Waals surface area (Å²) >= 11 is 0. The number of benzene rings is 3. The lowest BCUT2D eigenvalue weighted by molar-refractivity contribution is -0.594. The summed E-state index contributed by atoms with van der Waals surface area (Å²) in [6.45, 7) is 25.0. The number of hydrogen-bond acceptors (Lipinski definition) is 1. The molecule has 1 aromatic heterocycles. The number of hydrogen-bond donors (Lipinski definition) is 1. The molecule has 0 spiro atoms. The van der Waals surface area contributed by atoms with Crippen molar-refractivity contribution in [3.8, 4) is 11.4 Å². The largest absolute Gasteiger partial charge is 0.319 e. The second kappa shape index (κ2) is 11.6. The number of nitrogens with one attached hydrogen (secondary N) is 1. The van der Waals surface area contributed by atoms with Crippen molar-refractivity contribution in [1.82, 2.24) is 4.57 Å². The van der Waals surface area contributed by atoms with E-state index in [1.54, 1.807) is 0 Å². The van der Waals surface area contributed by atoms with Gasteiger partial charge in [0.2, 0.25) is 5.82 Å². The van der Waals surface area contributed by atoms with Gasteiger partial charge in [-0.1, -0.05) is 100 Å². The van der Waals surface area contributed by atoms with Gasteiger partial charge < -0.3 is 5.32 Å². The normalized spacial score (nSPS) is 12.3. The fourth-order valence-corrected chi connectivity index (χ4v) is 4.99. The maximum absolute atomic E-state index is 3.75. The predicted molar refractivity (Wildman–Crippen MR) is 172 cm³/mol. The summed E-state index contributed by atoms with van der Waals surface area (Å²) in [7, 11) is 0. The summed E-state index contributed by atoms with van der Waals surface area (Å²) in [4.78, 5) is 0. The van der Waals surface area contributed by atoms with Gasteiger partial charge in [0.15, 0.2) is 6.20 Å². The Morgan fingerprint density at radius 3 is 1.50 bits per heavy atom. The van der Waals surface area contributed by atoms with Crippen molar-refractivity contribution in [3.63, 3.8) is 0 Å². The zero-order valence-corrected chi connectivity index (χ0v) is 26.6. The van der Waals surface area contributed by atoms with Crippen LogP contribution in [-0.4, -0.2) is 4.57 Å². The van der Waals surface area contributed by atoms with Crippen molar-refractivity contribution in [2.75, 3.05) is 5.32 Å². The summed E-state index contributed by atoms with van der Waals surface area (Å²) in [5.41, 5.74) is 10.4. The van der Waals surface area contributed by atoms with E-state index < -0.39 is 0 Å². The van der Waals surface area contributed by atoms with Crippen LogP contribution in [0.1, 0.15) is 128 Å². The second-order valence-electron chi connectivity index (χ2n) is 13.7. The molecule has 3 nitrogen and oxygen atoms in total. The van der Waals surface area contributed by atoms with Crippen LogP contribution >= 0.6 is 0 Å². The molecule has 4 rings (SSSR count). The van der Waals surface area contributed by atoms with E-state index in [4.69, 9.17) is 0 Å². The molecule has 0 aliphatic rings. The third kappa shape index (κ3) is 6.69. The molecule has 0 unspecified atom stereocenters. The lowest BCUT2D eigenvalue weighted by Gasteiger charge is -2.19. The Morgan fingerprint density at radius 1 is 0.625 bits per heavy atom. The van der Waals surface area contributed by atoms with Crippen LogP contribution in [-0.2, 0) is 5.41 Å². The highest BCUT2D eigenvalue weighted by Gasteiger charge is 2.22. The van der Waals surface area contributed by atoms with Gasteiger partial charge in [0.1, 0.15) is 11.4 Å². The van der Waals surface area contributed by atoms with Crippen LogP contribution in [0.4, 0.5) is 11.5 Å². The second-order valence-corrected chi connectivity index (χ2v) is 13.7. The van der Waals surface area contributed by atoms with Gasteiger partial charge in [-0.15, -0.1) is 0 Å². The predicted octanol–water partition coefficient (Wildman–Crippen LogP) is 10.3. The van der Waals surface area contributed by atoms with Crippen LogP contribution in [0.2, 0.25) is 0 Å². The van der Waals surface area contributed by atoms with Gasteiger partial charge in [0, 0.05) is 5.69 Å². The third-order valence-electron chi connectivity index (χ3n) is 7.95. The van der Waals surface area contributed by atoms with E-state index in [9.17, 15) is 0 Å². The van der Waals surface area contributed by atoms with Crippen molar-refractivity contribution in [1.29, 1.82) is 0 Å². The highest BCUT2D eigenvalue weighted by atomic mass is 15.2. The lowest BCUT2D eigenvalue weighted by Crippen LogP contribution is -2.28. The molecular weight excluding hydrogens is 486 g/mol. The van der Waals surface area contributed by atoms with Crippen LogP contribution in [0.25, 0.3) is 11.4 Å². The first kappa shape index (κ1) is 29.6. The van der Waals surface area contributed by atoms with E-state index >= 15 is 0 Å². The third-order valence-corrected chi connectivity index (χ3v) is 7.95. The molecule has 212 valence electrons. The van der Waals surface area contributed by atoms with Gasteiger partial charge in [-0.05, 0) is 93.3 Å². The molecule has 0 saturated carbocycles. The van der Waals surface area contributed by atoms with Gasteiger partial charge in [0.25, 0.3) is 6.33 Å². The average Bonchev–Trinajstić information content (AvgIpc) is 3.31. The van der Waals surface area contributed by atoms with Crippen LogP contribution in [0.3, 0.4) is 0 Å². The van der Waals surface area contributed by atoms with E-state index in [1.807, 2.05) is 0 Å². The highest BCUT2D eigenvalue weighted by Crippen LogP contribution is 2.30. The molecule has 4 aromatic rings. The number of aromatic nitrogens is 2. The summed E-state index contributed by atoms with van der Waals surface area (Å²) in [6.07, 6.45) is 4.47. The fourth-order valence-electron chi connectivity index (χ4n) is 4.99. The average molecular weight is 537 g/mol. The van der Waals surface area contributed by atoms with E-state index in [-0.39, 0.29) is 5.41 Å². The maximum Gasteiger partial charge on any atom is 0.255 e. The minimum atomic E-state index is 0.127. The Hall–Kier alpha value is -3.33. The van der Waals surface area contributed by atoms with E-state index in [2.05, 4.69) is 164 Å². The molecule has 0 amide bonds. The summed E-state index contributed by atoms with van der Waals surface area (Å²) in [5, 5.41) is 3.75. The molecule has 0 saturated heterocycles. The first-order chi connectivity index (χ1) is 18.7. The van der Waals surface area contributed by atoms with Gasteiger partial charge in [-0.3, -0.25) is 0 Å². The Balaban J connectivity index is 1.89. The van der Waals surface area contributed by atoms with Gasteiger partial charge in [0.05, 0.1) is 0 Å². The smallest absolute Gasteiger partial charge is 0.255 e. The van der Waals surface area contributed by atoms with Crippen LogP contribution < -0.4 is 9.88 Å². The maximum atomic E-state index is 3.75. The number of rotatable bonds is 8. The first-order valence-corrected chi connectivity index (χ1v) is 15.0. The van der Waals surface area contributed by atoms with Crippen molar-refractivity contribution >= 4 is 11.5 Å². The van der Waals surface area contributed by atoms with Crippen molar-refractivity contribution in [3.05, 3.63) is 101 Å². The minimum Gasteiger partial charge on any atom is -0.319 e. The molecule has 0 radical (unpaired) electrons. The Bertz CT molecular complexity index is 1390. The van der Waals surface area contributed by atoms with Gasteiger partial charge in [-0.25, -0.2) is 0 Å². The highest BCUT2D eigenvalue weighted by molar-refractivity contribution is 5.59. The standard InChI is InChI=1S/C37H50N3/c1-24(2)28-16-29(25(3)4)19-34(18-28)39-22-36(38-33-14-12-32(13-15-33)37(9,10)11)40(23-39)35-20-30(26(5)6)17-31(21-35)27(7)8/h12-27,38H,1-11H3/q+1. The molecule has 1 N–H and O–H groups in total. The van der Waals surface area contributed by atoms with Crippen molar-refractivity contribution in [2.45, 2.75) is 105 Å². The molecule has 0 atom stereocenters. The first-order valence-electron chi connectivity index (χ1n) is 15.0. The van der Waals surface area contributed by atoms with Crippen molar-refractivity contribution in [2.24, 2.45) is 0 Å². The molecule has 3 aromatic carbocycles. The summed E-state index contributed by atoms with van der Waals surface area (Å²) in [6, 6.07) is 23.0. The SMILES string of the molecule is CC(C)c1cc(C(C)C)cc(-n2c[n+](-c3cc(C(C)C)cc(C(C)C)c3)cc2Nc2ccc(C(C)(C)C)cc2)c1. The zero-order chi connectivity index (χ0) is 29.4. The molecule has 1 heterocycles. The van der Waals surface area contributed by atoms with Crippen LogP contribution in [0.15, 0.2) is 73.2 Å².